The highest BCUT2D eigenvalue weighted by Crippen LogP contribution is 2.19. The summed E-state index contributed by atoms with van der Waals surface area (Å²) >= 11 is 0. The summed E-state index contributed by atoms with van der Waals surface area (Å²) in [6.07, 6.45) is 0. The molecule has 0 aliphatic rings. The molecule has 0 amide bonds. The average Bonchev–Trinajstić information content (AvgIpc) is 2.86. The molecule has 3 N–H and O–H groups in total. The van der Waals surface area contributed by atoms with Crippen molar-refractivity contribution in [3.63, 3.8) is 0 Å². The van der Waals surface area contributed by atoms with Crippen LogP contribution in [0.25, 0.3) is 11.4 Å². The zero-order valence-corrected chi connectivity index (χ0v) is 9.17. The Labute approximate surface area is 98.0 Å². The van der Waals surface area contributed by atoms with Gasteiger partial charge in [0, 0.05) is 5.56 Å². The highest BCUT2D eigenvalue weighted by atomic mass is 16.5. The molecule has 0 saturated heterocycles. The summed E-state index contributed by atoms with van der Waals surface area (Å²) in [6.45, 7) is 0.496. The Kier molecular flexibility index (Phi) is 3.69. The van der Waals surface area contributed by atoms with Crippen molar-refractivity contribution in [3.05, 3.63) is 30.2 Å². The molecule has 0 radical (unpaired) electrons. The first-order valence-corrected chi connectivity index (χ1v) is 5.20. The molecule has 17 heavy (non-hydrogen) atoms. The smallest absolute Gasteiger partial charge is 0.240 e. The Morgan fingerprint density at radius 1 is 1.29 bits per heavy atom. The van der Waals surface area contributed by atoms with Gasteiger partial charge in [0.1, 0.15) is 12.4 Å². The van der Waals surface area contributed by atoms with Gasteiger partial charge in [-0.2, -0.15) is 4.98 Å². The molecule has 2 rings (SSSR count). The van der Waals surface area contributed by atoms with Gasteiger partial charge >= 0.3 is 0 Å². The summed E-state index contributed by atoms with van der Waals surface area (Å²) in [6, 6.07) is 7.20. The predicted molar refractivity (Wildman–Crippen MR) is 60.2 cm³/mol. The Hall–Kier alpha value is -1.92. The predicted octanol–water partition coefficient (Wildman–Crippen LogP) is 0.566. The number of nitrogens with zero attached hydrogens (tertiary/aromatic N) is 2. The lowest BCUT2D eigenvalue weighted by atomic mass is 10.2. The number of ether oxygens (including phenoxy) is 1. The van der Waals surface area contributed by atoms with Crippen LogP contribution in [0.1, 0.15) is 5.89 Å². The zero-order chi connectivity index (χ0) is 12.1. The lowest BCUT2D eigenvalue weighted by Gasteiger charge is -2.03. The molecule has 0 atom stereocenters. The van der Waals surface area contributed by atoms with Gasteiger partial charge in [0.05, 0.1) is 13.2 Å². The summed E-state index contributed by atoms with van der Waals surface area (Å²) in [5.41, 5.74) is 6.20. The second-order valence-corrected chi connectivity index (χ2v) is 3.31. The Morgan fingerprint density at radius 3 is 2.65 bits per heavy atom. The van der Waals surface area contributed by atoms with Crippen LogP contribution < -0.4 is 10.5 Å². The third-order valence-corrected chi connectivity index (χ3v) is 2.12. The Morgan fingerprint density at radius 2 is 2.06 bits per heavy atom. The van der Waals surface area contributed by atoms with E-state index in [0.717, 1.165) is 5.56 Å². The van der Waals surface area contributed by atoms with E-state index in [2.05, 4.69) is 10.1 Å². The number of hydrogen-bond donors (Lipinski definition) is 2. The third-order valence-electron chi connectivity index (χ3n) is 2.12. The molecule has 0 fully saturated rings. The number of aromatic nitrogens is 2. The van der Waals surface area contributed by atoms with Crippen molar-refractivity contribution in [2.24, 2.45) is 5.73 Å². The van der Waals surface area contributed by atoms with Crippen molar-refractivity contribution >= 4 is 0 Å². The second-order valence-electron chi connectivity index (χ2n) is 3.31. The molecule has 0 aliphatic heterocycles. The lowest BCUT2D eigenvalue weighted by molar-refractivity contribution is 0.201. The quantitative estimate of drug-likeness (QED) is 0.786. The number of aliphatic hydroxyl groups excluding tert-OH is 1. The van der Waals surface area contributed by atoms with Crippen LogP contribution in [0.2, 0.25) is 0 Å². The third kappa shape index (κ3) is 2.80. The zero-order valence-electron chi connectivity index (χ0n) is 9.17. The average molecular weight is 235 g/mol. The number of hydrogen-bond acceptors (Lipinski definition) is 6. The Bertz CT molecular complexity index is 467. The minimum Gasteiger partial charge on any atom is -0.491 e. The van der Waals surface area contributed by atoms with Crippen LogP contribution in [-0.4, -0.2) is 28.5 Å². The van der Waals surface area contributed by atoms with Crippen molar-refractivity contribution in [1.29, 1.82) is 0 Å². The molecule has 2 aromatic rings. The number of aliphatic hydroxyl groups is 1. The second kappa shape index (κ2) is 5.42. The van der Waals surface area contributed by atoms with Gasteiger partial charge in [0.2, 0.25) is 11.7 Å². The van der Waals surface area contributed by atoms with E-state index in [4.69, 9.17) is 20.1 Å². The minimum absolute atomic E-state index is 0.00749. The van der Waals surface area contributed by atoms with E-state index in [-0.39, 0.29) is 19.8 Å². The van der Waals surface area contributed by atoms with Crippen molar-refractivity contribution in [1.82, 2.24) is 10.1 Å². The lowest BCUT2D eigenvalue weighted by Crippen LogP contribution is -2.01. The minimum atomic E-state index is -0.00749. The summed E-state index contributed by atoms with van der Waals surface area (Å²) in [5.74, 6) is 1.59. The van der Waals surface area contributed by atoms with Gasteiger partial charge in [0.15, 0.2) is 0 Å². The SMILES string of the molecule is NCc1nc(-c2ccc(OCCO)cc2)no1. The molecule has 1 heterocycles. The summed E-state index contributed by atoms with van der Waals surface area (Å²) in [4.78, 5) is 4.11. The summed E-state index contributed by atoms with van der Waals surface area (Å²) < 4.78 is 10.2. The fourth-order valence-corrected chi connectivity index (χ4v) is 1.32. The van der Waals surface area contributed by atoms with E-state index in [1.807, 2.05) is 12.1 Å². The van der Waals surface area contributed by atoms with E-state index in [1.54, 1.807) is 12.1 Å². The molecule has 0 bridgehead atoms. The molecule has 6 nitrogen and oxygen atoms in total. The number of benzene rings is 1. The Balaban J connectivity index is 2.11. The topological polar surface area (TPSA) is 94.4 Å². The maximum absolute atomic E-state index is 8.62. The van der Waals surface area contributed by atoms with E-state index >= 15 is 0 Å². The van der Waals surface area contributed by atoms with Gasteiger partial charge in [-0.15, -0.1) is 0 Å². The van der Waals surface area contributed by atoms with Crippen molar-refractivity contribution < 1.29 is 14.4 Å². The van der Waals surface area contributed by atoms with Crippen molar-refractivity contribution in [3.8, 4) is 17.1 Å². The van der Waals surface area contributed by atoms with Gasteiger partial charge in [-0.25, -0.2) is 0 Å². The normalized spacial score (nSPS) is 10.5. The fourth-order valence-electron chi connectivity index (χ4n) is 1.32. The molecule has 90 valence electrons. The standard InChI is InChI=1S/C11H13N3O3/c12-7-10-13-11(14-17-10)8-1-3-9(4-2-8)16-6-5-15/h1-4,15H,5-7,12H2. The van der Waals surface area contributed by atoms with Gasteiger partial charge in [0.25, 0.3) is 0 Å². The van der Waals surface area contributed by atoms with E-state index < -0.39 is 0 Å². The van der Waals surface area contributed by atoms with E-state index in [1.165, 1.54) is 0 Å². The molecular weight excluding hydrogens is 222 g/mol. The summed E-state index contributed by atoms with van der Waals surface area (Å²) in [7, 11) is 0. The maximum Gasteiger partial charge on any atom is 0.240 e. The number of rotatable bonds is 5. The van der Waals surface area contributed by atoms with Crippen LogP contribution in [0.3, 0.4) is 0 Å². The van der Waals surface area contributed by atoms with Gasteiger partial charge in [-0.05, 0) is 24.3 Å². The van der Waals surface area contributed by atoms with Crippen LogP contribution >= 0.6 is 0 Å². The molecule has 0 saturated carbocycles. The first-order chi connectivity index (χ1) is 8.33. The molecular formula is C11H13N3O3. The molecule has 6 heteroatoms. The molecule has 0 spiro atoms. The van der Waals surface area contributed by atoms with E-state index in [0.29, 0.717) is 17.5 Å². The largest absolute Gasteiger partial charge is 0.491 e. The molecule has 1 aromatic heterocycles. The van der Waals surface area contributed by atoms with Crippen LogP contribution in [0, 0.1) is 0 Å². The first kappa shape index (κ1) is 11.6. The molecule has 0 unspecified atom stereocenters. The van der Waals surface area contributed by atoms with Gasteiger partial charge in [-0.3, -0.25) is 0 Å². The monoisotopic (exact) mass is 235 g/mol. The highest BCUT2D eigenvalue weighted by molar-refractivity contribution is 5.55. The van der Waals surface area contributed by atoms with Crippen LogP contribution in [0.15, 0.2) is 28.8 Å². The number of nitrogens with two attached hydrogens (primary N) is 1. The first-order valence-electron chi connectivity index (χ1n) is 5.20. The highest BCUT2D eigenvalue weighted by Gasteiger charge is 2.07. The van der Waals surface area contributed by atoms with Gasteiger partial charge < -0.3 is 20.1 Å². The molecule has 1 aromatic carbocycles. The summed E-state index contributed by atoms with van der Waals surface area (Å²) in [5, 5.41) is 12.4. The van der Waals surface area contributed by atoms with Crippen LogP contribution in [0.4, 0.5) is 0 Å². The van der Waals surface area contributed by atoms with Crippen LogP contribution in [0.5, 0.6) is 5.75 Å². The van der Waals surface area contributed by atoms with Gasteiger partial charge in [-0.1, -0.05) is 5.16 Å². The fraction of sp³-hybridized carbons (Fsp3) is 0.273. The van der Waals surface area contributed by atoms with Crippen molar-refractivity contribution in [2.75, 3.05) is 13.2 Å². The van der Waals surface area contributed by atoms with Crippen LogP contribution in [-0.2, 0) is 6.54 Å². The maximum atomic E-state index is 8.62. The van der Waals surface area contributed by atoms with E-state index in [9.17, 15) is 0 Å². The van der Waals surface area contributed by atoms with Crippen molar-refractivity contribution in [2.45, 2.75) is 6.54 Å². The molecule has 0 aliphatic carbocycles.